The first-order valence-electron chi connectivity index (χ1n) is 9.96. The summed E-state index contributed by atoms with van der Waals surface area (Å²) in [5.41, 5.74) is 2.17. The Morgan fingerprint density at radius 3 is 2.72 bits per heavy atom. The van der Waals surface area contributed by atoms with Gasteiger partial charge < -0.3 is 18.8 Å². The molecule has 0 N–H and O–H groups in total. The number of nitrogens with zero attached hydrogens (tertiary/aromatic N) is 2. The van der Waals surface area contributed by atoms with Crippen molar-refractivity contribution in [3.8, 4) is 11.5 Å². The van der Waals surface area contributed by atoms with E-state index >= 15 is 0 Å². The number of fused-ring (bicyclic) bond motifs is 2. The molecule has 3 aromatic rings. The van der Waals surface area contributed by atoms with E-state index in [-0.39, 0.29) is 5.97 Å². The summed E-state index contributed by atoms with van der Waals surface area (Å²) in [7, 11) is 0. The molecule has 1 aromatic heterocycles. The summed E-state index contributed by atoms with van der Waals surface area (Å²) in [5, 5.41) is 0. The Balaban J connectivity index is 1.37. The quantitative estimate of drug-likeness (QED) is 0.467. The zero-order chi connectivity index (χ0) is 20.4. The van der Waals surface area contributed by atoms with Crippen LogP contribution in [0.3, 0.4) is 0 Å². The number of carbonyl (C=O) groups excluding carboxylic acids is 1. The Hall–Kier alpha value is -3.02. The van der Waals surface area contributed by atoms with Gasteiger partial charge in [-0.05, 0) is 57.0 Å². The summed E-state index contributed by atoms with van der Waals surface area (Å²) in [6, 6.07) is 13.7. The Bertz CT molecular complexity index is 1040. The fourth-order valence-corrected chi connectivity index (χ4v) is 3.60. The van der Waals surface area contributed by atoms with Crippen LogP contribution in [0.25, 0.3) is 11.0 Å². The highest BCUT2D eigenvalue weighted by Crippen LogP contribution is 2.35. The molecule has 0 saturated heterocycles. The van der Waals surface area contributed by atoms with Gasteiger partial charge in [-0.1, -0.05) is 18.2 Å². The molecule has 6 nitrogen and oxygen atoms in total. The molecule has 0 radical (unpaired) electrons. The monoisotopic (exact) mass is 394 g/mol. The van der Waals surface area contributed by atoms with E-state index in [0.29, 0.717) is 31.3 Å². The van der Waals surface area contributed by atoms with E-state index in [0.717, 1.165) is 35.4 Å². The van der Waals surface area contributed by atoms with Gasteiger partial charge in [0.05, 0.1) is 23.1 Å². The second-order valence-corrected chi connectivity index (χ2v) is 7.77. The number of hydrogen-bond donors (Lipinski definition) is 0. The third-order valence-corrected chi connectivity index (χ3v) is 5.38. The third-order valence-electron chi connectivity index (χ3n) is 5.38. The predicted octanol–water partition coefficient (Wildman–Crippen LogP) is 4.03. The standard InChI is InChI=1S/C23H26N2O4/c1-16-24-18-7-4-5-8-19(18)25(16)11-6-12-29-22(26)23(2,3)17-9-10-20-21(15-17)28-14-13-27-20/h4-5,7-10,15H,6,11-14H2,1-3H3. The van der Waals surface area contributed by atoms with Crippen LogP contribution in [-0.4, -0.2) is 35.3 Å². The summed E-state index contributed by atoms with van der Waals surface area (Å²) in [4.78, 5) is 17.3. The zero-order valence-corrected chi connectivity index (χ0v) is 17.1. The molecule has 0 saturated carbocycles. The summed E-state index contributed by atoms with van der Waals surface area (Å²) in [5.74, 6) is 2.11. The van der Waals surface area contributed by atoms with Gasteiger partial charge in [0, 0.05) is 6.54 Å². The highest BCUT2D eigenvalue weighted by Gasteiger charge is 2.32. The van der Waals surface area contributed by atoms with E-state index in [9.17, 15) is 4.79 Å². The van der Waals surface area contributed by atoms with Gasteiger partial charge in [-0.25, -0.2) is 4.98 Å². The summed E-state index contributed by atoms with van der Waals surface area (Å²) in [6.07, 6.45) is 0.726. The largest absolute Gasteiger partial charge is 0.486 e. The fraction of sp³-hybridized carbons (Fsp3) is 0.391. The van der Waals surface area contributed by atoms with Gasteiger partial charge in [0.25, 0.3) is 0 Å². The number of benzene rings is 2. The van der Waals surface area contributed by atoms with Crippen molar-refractivity contribution in [3.05, 3.63) is 53.9 Å². The summed E-state index contributed by atoms with van der Waals surface area (Å²) in [6.45, 7) is 7.91. The van der Waals surface area contributed by atoms with Crippen molar-refractivity contribution in [3.63, 3.8) is 0 Å². The number of aromatic nitrogens is 2. The minimum atomic E-state index is -0.770. The van der Waals surface area contributed by atoms with E-state index < -0.39 is 5.41 Å². The lowest BCUT2D eigenvalue weighted by molar-refractivity contribution is -0.149. The first-order valence-corrected chi connectivity index (χ1v) is 9.96. The second-order valence-electron chi connectivity index (χ2n) is 7.77. The normalized spacial score (nSPS) is 13.5. The topological polar surface area (TPSA) is 62.6 Å². The van der Waals surface area contributed by atoms with E-state index in [1.807, 2.05) is 57.2 Å². The first-order chi connectivity index (χ1) is 14.0. The van der Waals surface area contributed by atoms with Gasteiger partial charge in [0.1, 0.15) is 19.0 Å². The molecule has 0 amide bonds. The van der Waals surface area contributed by atoms with Crippen LogP contribution in [0.4, 0.5) is 0 Å². The molecule has 0 fully saturated rings. The van der Waals surface area contributed by atoms with Crippen LogP contribution < -0.4 is 9.47 Å². The van der Waals surface area contributed by atoms with Crippen molar-refractivity contribution in [2.45, 2.75) is 39.2 Å². The number of ether oxygens (including phenoxy) is 3. The first kappa shape index (κ1) is 19.3. The molecule has 1 aliphatic heterocycles. The van der Waals surface area contributed by atoms with Gasteiger partial charge in [-0.3, -0.25) is 4.79 Å². The fourth-order valence-electron chi connectivity index (χ4n) is 3.60. The average molecular weight is 394 g/mol. The molecule has 0 aliphatic carbocycles. The SMILES string of the molecule is Cc1nc2ccccc2n1CCCOC(=O)C(C)(C)c1ccc2c(c1)OCCO2. The van der Waals surface area contributed by atoms with Crippen LogP contribution in [0.15, 0.2) is 42.5 Å². The number of imidazole rings is 1. The molecule has 152 valence electrons. The molecule has 0 atom stereocenters. The molecule has 2 heterocycles. The summed E-state index contributed by atoms with van der Waals surface area (Å²) >= 11 is 0. The van der Waals surface area contributed by atoms with Crippen molar-refractivity contribution in [2.24, 2.45) is 0 Å². The molecule has 4 rings (SSSR count). The van der Waals surface area contributed by atoms with Crippen LogP contribution in [-0.2, 0) is 21.5 Å². The molecular formula is C23H26N2O4. The lowest BCUT2D eigenvalue weighted by atomic mass is 9.84. The molecule has 0 spiro atoms. The van der Waals surface area contributed by atoms with Crippen molar-refractivity contribution in [2.75, 3.05) is 19.8 Å². The van der Waals surface area contributed by atoms with E-state index in [4.69, 9.17) is 14.2 Å². The predicted molar refractivity (Wildman–Crippen MR) is 111 cm³/mol. The van der Waals surface area contributed by atoms with Crippen LogP contribution in [0.5, 0.6) is 11.5 Å². The Kier molecular flexibility index (Phi) is 5.18. The number of para-hydroxylation sites is 2. The maximum Gasteiger partial charge on any atom is 0.315 e. The van der Waals surface area contributed by atoms with Crippen LogP contribution in [0, 0.1) is 6.92 Å². The van der Waals surface area contributed by atoms with Gasteiger partial charge >= 0.3 is 5.97 Å². The maximum atomic E-state index is 12.8. The van der Waals surface area contributed by atoms with Gasteiger partial charge in [-0.15, -0.1) is 0 Å². The minimum Gasteiger partial charge on any atom is -0.486 e. The molecule has 2 aromatic carbocycles. The average Bonchev–Trinajstić information content (AvgIpc) is 3.05. The van der Waals surface area contributed by atoms with E-state index in [2.05, 4.69) is 15.6 Å². The van der Waals surface area contributed by atoms with E-state index in [1.54, 1.807) is 0 Å². The van der Waals surface area contributed by atoms with Crippen molar-refractivity contribution < 1.29 is 19.0 Å². The van der Waals surface area contributed by atoms with Gasteiger partial charge in [-0.2, -0.15) is 0 Å². The van der Waals surface area contributed by atoms with Crippen LogP contribution in [0.1, 0.15) is 31.7 Å². The molecular weight excluding hydrogens is 368 g/mol. The molecule has 29 heavy (non-hydrogen) atoms. The number of carbonyl (C=O) groups is 1. The number of hydrogen-bond acceptors (Lipinski definition) is 5. The molecule has 1 aliphatic rings. The molecule has 0 unspecified atom stereocenters. The Labute approximate surface area is 170 Å². The van der Waals surface area contributed by atoms with Gasteiger partial charge in [0.2, 0.25) is 0 Å². The van der Waals surface area contributed by atoms with E-state index in [1.165, 1.54) is 0 Å². The number of rotatable bonds is 6. The Morgan fingerprint density at radius 1 is 1.14 bits per heavy atom. The maximum absolute atomic E-state index is 12.8. The third kappa shape index (κ3) is 3.79. The highest BCUT2D eigenvalue weighted by atomic mass is 16.6. The molecule has 6 heteroatoms. The second kappa shape index (κ2) is 7.78. The Morgan fingerprint density at radius 2 is 1.90 bits per heavy atom. The summed E-state index contributed by atoms with van der Waals surface area (Å²) < 4.78 is 19.0. The number of esters is 1. The number of aryl methyl sites for hydroxylation is 2. The van der Waals surface area contributed by atoms with Crippen molar-refractivity contribution in [1.29, 1.82) is 0 Å². The van der Waals surface area contributed by atoms with Crippen LogP contribution >= 0.6 is 0 Å². The van der Waals surface area contributed by atoms with Crippen molar-refractivity contribution in [1.82, 2.24) is 9.55 Å². The highest BCUT2D eigenvalue weighted by molar-refractivity contribution is 5.82. The smallest absolute Gasteiger partial charge is 0.315 e. The minimum absolute atomic E-state index is 0.249. The zero-order valence-electron chi connectivity index (χ0n) is 17.1. The van der Waals surface area contributed by atoms with Gasteiger partial charge in [0.15, 0.2) is 11.5 Å². The lowest BCUT2D eigenvalue weighted by Crippen LogP contribution is -2.31. The van der Waals surface area contributed by atoms with Crippen LogP contribution in [0.2, 0.25) is 0 Å². The lowest BCUT2D eigenvalue weighted by Gasteiger charge is -2.26. The van der Waals surface area contributed by atoms with Crippen molar-refractivity contribution >= 4 is 17.0 Å². The molecule has 0 bridgehead atoms.